The summed E-state index contributed by atoms with van der Waals surface area (Å²) in [7, 11) is 0. The number of hydrogen-bond acceptors (Lipinski definition) is 0. The monoisotopic (exact) mass is 220 g/mol. The highest BCUT2D eigenvalue weighted by Crippen LogP contribution is 2.71. The molecule has 0 heterocycles. The van der Waals surface area contributed by atoms with Gasteiger partial charge in [-0.3, -0.25) is 0 Å². The van der Waals surface area contributed by atoms with Crippen LogP contribution in [0.15, 0.2) is 0 Å². The van der Waals surface area contributed by atoms with Crippen LogP contribution in [0.3, 0.4) is 0 Å². The number of hydrogen-bond donors (Lipinski definition) is 0. The molecule has 2 fully saturated rings. The molecular weight excluding hydrogens is 201 g/mol. The molecule has 1 atom stereocenters. The molecule has 2 saturated carbocycles. The molecule has 0 saturated heterocycles. The molecule has 2 rings (SSSR count). The topological polar surface area (TPSA) is 0 Å². The van der Waals surface area contributed by atoms with E-state index in [-0.39, 0.29) is 11.3 Å². The Balaban J connectivity index is 2.14. The van der Waals surface area contributed by atoms with Gasteiger partial charge in [0.15, 0.2) is 0 Å². The summed E-state index contributed by atoms with van der Waals surface area (Å²) in [5, 5.41) is 0. The normalized spacial score (nSPS) is 29.4. The Labute approximate surface area is 89.2 Å². The maximum Gasteiger partial charge on any atom is 0.394 e. The van der Waals surface area contributed by atoms with Gasteiger partial charge in [-0.2, -0.15) is 13.2 Å². The van der Waals surface area contributed by atoms with Gasteiger partial charge < -0.3 is 0 Å². The lowest BCUT2D eigenvalue weighted by Gasteiger charge is -2.63. The molecule has 0 radical (unpaired) electrons. The van der Waals surface area contributed by atoms with Crippen LogP contribution in [0.2, 0.25) is 0 Å². The molecule has 0 aromatic rings. The van der Waals surface area contributed by atoms with Crippen LogP contribution in [0.25, 0.3) is 0 Å². The molecule has 1 unspecified atom stereocenters. The first-order chi connectivity index (χ1) is 6.85. The summed E-state index contributed by atoms with van der Waals surface area (Å²) in [4.78, 5) is 0. The fourth-order valence-corrected chi connectivity index (χ4v) is 3.54. The fourth-order valence-electron chi connectivity index (χ4n) is 3.54. The molecule has 2 aliphatic rings. The Kier molecular flexibility index (Phi) is 2.36. The van der Waals surface area contributed by atoms with Crippen molar-refractivity contribution in [2.45, 2.75) is 58.5 Å². The number of halogens is 3. The lowest BCUT2D eigenvalue weighted by Crippen LogP contribution is -2.60. The van der Waals surface area contributed by atoms with Crippen molar-refractivity contribution in [2.24, 2.45) is 16.7 Å². The quantitative estimate of drug-likeness (QED) is 0.640. The van der Waals surface area contributed by atoms with E-state index in [0.29, 0.717) is 19.3 Å². The number of rotatable bonds is 2. The van der Waals surface area contributed by atoms with E-state index < -0.39 is 11.6 Å². The maximum atomic E-state index is 13.1. The SMILES string of the molecule is CCC(C)C1(C(F)(F)F)CC2(CCC2)C1. The van der Waals surface area contributed by atoms with Gasteiger partial charge in [0.1, 0.15) is 0 Å². The van der Waals surface area contributed by atoms with E-state index >= 15 is 0 Å². The maximum absolute atomic E-state index is 13.1. The summed E-state index contributed by atoms with van der Waals surface area (Å²) in [5.41, 5.74) is -1.25. The van der Waals surface area contributed by atoms with Crippen LogP contribution in [0, 0.1) is 16.7 Å². The Morgan fingerprint density at radius 1 is 1.20 bits per heavy atom. The summed E-state index contributed by atoms with van der Waals surface area (Å²) in [6.45, 7) is 3.63. The van der Waals surface area contributed by atoms with Crippen molar-refractivity contribution < 1.29 is 13.2 Å². The highest BCUT2D eigenvalue weighted by atomic mass is 19.4. The minimum absolute atomic E-state index is 0.0962. The van der Waals surface area contributed by atoms with Crippen LogP contribution in [0.1, 0.15) is 52.4 Å². The standard InChI is InChI=1S/C12H19F3/c1-3-9(2)11(12(13,14)15)7-10(8-11)5-4-6-10/h9H,3-8H2,1-2H3. The smallest absolute Gasteiger partial charge is 0.170 e. The summed E-state index contributed by atoms with van der Waals surface area (Å²) in [5.74, 6) is -0.219. The van der Waals surface area contributed by atoms with Gasteiger partial charge in [-0.1, -0.05) is 26.7 Å². The minimum Gasteiger partial charge on any atom is -0.170 e. The number of alkyl halides is 3. The van der Waals surface area contributed by atoms with Crippen molar-refractivity contribution in [1.82, 2.24) is 0 Å². The lowest BCUT2D eigenvalue weighted by molar-refractivity contribution is -0.312. The minimum atomic E-state index is -4.00. The van der Waals surface area contributed by atoms with Gasteiger partial charge in [0.05, 0.1) is 5.41 Å². The molecule has 0 amide bonds. The summed E-state index contributed by atoms with van der Waals surface area (Å²) in [6.07, 6.45) is 0.632. The molecule has 0 aromatic carbocycles. The van der Waals surface area contributed by atoms with Crippen LogP contribution in [-0.2, 0) is 0 Å². The molecule has 15 heavy (non-hydrogen) atoms. The van der Waals surface area contributed by atoms with Gasteiger partial charge in [-0.05, 0) is 37.0 Å². The zero-order valence-electron chi connectivity index (χ0n) is 9.45. The predicted octanol–water partition coefficient (Wildman–Crippen LogP) is 4.55. The summed E-state index contributed by atoms with van der Waals surface area (Å²) < 4.78 is 39.3. The first-order valence-electron chi connectivity index (χ1n) is 5.92. The van der Waals surface area contributed by atoms with Crippen LogP contribution in [0.5, 0.6) is 0 Å². The second-order valence-electron chi connectivity index (χ2n) is 5.67. The van der Waals surface area contributed by atoms with Gasteiger partial charge >= 0.3 is 6.18 Å². The molecule has 88 valence electrons. The first-order valence-corrected chi connectivity index (χ1v) is 5.92. The van der Waals surface area contributed by atoms with Crippen LogP contribution >= 0.6 is 0 Å². The molecule has 0 aliphatic heterocycles. The summed E-state index contributed by atoms with van der Waals surface area (Å²) >= 11 is 0. The molecule has 0 aromatic heterocycles. The average Bonchev–Trinajstić information content (AvgIpc) is 1.96. The molecule has 0 nitrogen and oxygen atoms in total. The van der Waals surface area contributed by atoms with Crippen LogP contribution in [-0.4, -0.2) is 6.18 Å². The zero-order valence-corrected chi connectivity index (χ0v) is 9.45. The van der Waals surface area contributed by atoms with Crippen molar-refractivity contribution in [3.05, 3.63) is 0 Å². The Morgan fingerprint density at radius 3 is 2.00 bits per heavy atom. The molecule has 3 heteroatoms. The third-order valence-electron chi connectivity index (χ3n) is 4.92. The van der Waals surface area contributed by atoms with Crippen molar-refractivity contribution in [1.29, 1.82) is 0 Å². The van der Waals surface area contributed by atoms with Gasteiger partial charge in [-0.15, -0.1) is 0 Å². The third kappa shape index (κ3) is 1.42. The van der Waals surface area contributed by atoms with Crippen molar-refractivity contribution >= 4 is 0 Å². The van der Waals surface area contributed by atoms with E-state index in [2.05, 4.69) is 0 Å². The second-order valence-corrected chi connectivity index (χ2v) is 5.67. The van der Waals surface area contributed by atoms with Crippen molar-refractivity contribution in [3.63, 3.8) is 0 Å². The second kappa shape index (κ2) is 3.14. The highest BCUT2D eigenvalue weighted by Gasteiger charge is 2.69. The third-order valence-corrected chi connectivity index (χ3v) is 4.92. The van der Waals surface area contributed by atoms with E-state index in [4.69, 9.17) is 0 Å². The molecule has 0 N–H and O–H groups in total. The first kappa shape index (κ1) is 11.3. The zero-order chi connectivity index (χ0) is 11.3. The van der Waals surface area contributed by atoms with Crippen molar-refractivity contribution in [3.8, 4) is 0 Å². The van der Waals surface area contributed by atoms with E-state index in [9.17, 15) is 13.2 Å². The molecular formula is C12H19F3. The molecule has 0 bridgehead atoms. The largest absolute Gasteiger partial charge is 0.394 e. The Hall–Kier alpha value is -0.210. The predicted molar refractivity (Wildman–Crippen MR) is 53.5 cm³/mol. The van der Waals surface area contributed by atoms with Gasteiger partial charge in [-0.25, -0.2) is 0 Å². The lowest BCUT2D eigenvalue weighted by atomic mass is 9.42. The van der Waals surface area contributed by atoms with Crippen LogP contribution in [0.4, 0.5) is 13.2 Å². The van der Waals surface area contributed by atoms with E-state index in [1.807, 2.05) is 6.92 Å². The van der Waals surface area contributed by atoms with Gasteiger partial charge in [0, 0.05) is 0 Å². The Bertz CT molecular complexity index is 242. The molecule has 2 aliphatic carbocycles. The van der Waals surface area contributed by atoms with Crippen molar-refractivity contribution in [2.75, 3.05) is 0 Å². The van der Waals surface area contributed by atoms with Crippen LogP contribution < -0.4 is 0 Å². The van der Waals surface area contributed by atoms with E-state index in [1.54, 1.807) is 6.92 Å². The van der Waals surface area contributed by atoms with Gasteiger partial charge in [0.25, 0.3) is 0 Å². The molecule has 1 spiro atoms. The fraction of sp³-hybridized carbons (Fsp3) is 1.00. The summed E-state index contributed by atoms with van der Waals surface area (Å²) in [6, 6.07) is 0. The Morgan fingerprint density at radius 2 is 1.73 bits per heavy atom. The highest BCUT2D eigenvalue weighted by molar-refractivity contribution is 5.11. The van der Waals surface area contributed by atoms with E-state index in [1.165, 1.54) is 0 Å². The average molecular weight is 220 g/mol. The van der Waals surface area contributed by atoms with E-state index in [0.717, 1.165) is 19.3 Å². The van der Waals surface area contributed by atoms with Gasteiger partial charge in [0.2, 0.25) is 0 Å².